The van der Waals surface area contributed by atoms with Crippen LogP contribution < -0.4 is 20.2 Å². The Labute approximate surface area is 174 Å². The number of ether oxygens (including phenoxy) is 2. The molecule has 0 bridgehead atoms. The summed E-state index contributed by atoms with van der Waals surface area (Å²) >= 11 is 0. The van der Waals surface area contributed by atoms with Crippen molar-refractivity contribution in [2.75, 3.05) is 32.6 Å². The van der Waals surface area contributed by atoms with Crippen molar-refractivity contribution in [2.45, 2.75) is 19.9 Å². The number of fused-ring (bicyclic) bond motifs is 2. The van der Waals surface area contributed by atoms with E-state index in [2.05, 4.69) is 10.3 Å². The van der Waals surface area contributed by atoms with E-state index in [9.17, 15) is 9.59 Å². The molecule has 3 aromatic rings. The number of H-pyrrole nitrogens is 1. The molecular formula is C23H25N3O4. The van der Waals surface area contributed by atoms with Gasteiger partial charge in [-0.1, -0.05) is 6.07 Å². The third kappa shape index (κ3) is 3.89. The number of pyridine rings is 1. The van der Waals surface area contributed by atoms with Gasteiger partial charge in [0.25, 0.3) is 0 Å². The Morgan fingerprint density at radius 3 is 2.73 bits per heavy atom. The highest BCUT2D eigenvalue weighted by Gasteiger charge is 2.23. The van der Waals surface area contributed by atoms with E-state index in [4.69, 9.17) is 9.47 Å². The Kier molecular flexibility index (Phi) is 5.46. The second-order valence-corrected chi connectivity index (χ2v) is 7.52. The zero-order chi connectivity index (χ0) is 21.3. The van der Waals surface area contributed by atoms with Crippen molar-refractivity contribution in [3.8, 4) is 11.5 Å². The average Bonchev–Trinajstić information content (AvgIpc) is 2.75. The van der Waals surface area contributed by atoms with Crippen molar-refractivity contribution in [3.63, 3.8) is 0 Å². The predicted octanol–water partition coefficient (Wildman–Crippen LogP) is 2.85. The van der Waals surface area contributed by atoms with Crippen LogP contribution in [0, 0.1) is 6.92 Å². The average molecular weight is 407 g/mol. The summed E-state index contributed by atoms with van der Waals surface area (Å²) in [7, 11) is 3.18. The van der Waals surface area contributed by atoms with E-state index in [-0.39, 0.29) is 17.9 Å². The van der Waals surface area contributed by atoms with Crippen molar-refractivity contribution in [1.29, 1.82) is 0 Å². The number of hydrogen-bond acceptors (Lipinski definition) is 5. The van der Waals surface area contributed by atoms with E-state index in [0.717, 1.165) is 22.3 Å². The van der Waals surface area contributed by atoms with Crippen molar-refractivity contribution in [1.82, 2.24) is 9.88 Å². The number of aryl methyl sites for hydroxylation is 1. The zero-order valence-electron chi connectivity index (χ0n) is 17.4. The van der Waals surface area contributed by atoms with Gasteiger partial charge in [-0.2, -0.15) is 0 Å². The lowest BCUT2D eigenvalue weighted by atomic mass is 10.0. The van der Waals surface area contributed by atoms with Gasteiger partial charge in [-0.15, -0.1) is 0 Å². The third-order valence-electron chi connectivity index (χ3n) is 5.48. The lowest BCUT2D eigenvalue weighted by Crippen LogP contribution is -2.39. The van der Waals surface area contributed by atoms with Crippen LogP contribution in [0.4, 0.5) is 5.69 Å². The second-order valence-electron chi connectivity index (χ2n) is 7.52. The summed E-state index contributed by atoms with van der Waals surface area (Å²) in [6.07, 6.45) is 0.693. The number of anilines is 1. The SMILES string of the molecule is COc1cccc(NC(=O)CN2CCc3[nH]c4c(C)cc(OC)cc4c(=O)c3C2)c1. The number of nitrogens with one attached hydrogen (secondary N) is 2. The second kappa shape index (κ2) is 8.20. The van der Waals surface area contributed by atoms with Crippen molar-refractivity contribution in [3.05, 3.63) is 63.4 Å². The van der Waals surface area contributed by atoms with Crippen LogP contribution in [0.3, 0.4) is 0 Å². The summed E-state index contributed by atoms with van der Waals surface area (Å²) in [5.74, 6) is 1.22. The summed E-state index contributed by atoms with van der Waals surface area (Å²) < 4.78 is 10.5. The molecule has 1 aliphatic heterocycles. The van der Waals surface area contributed by atoms with Crippen LogP contribution in [-0.4, -0.2) is 43.1 Å². The molecule has 156 valence electrons. The van der Waals surface area contributed by atoms with Crippen LogP contribution in [-0.2, 0) is 17.8 Å². The zero-order valence-corrected chi connectivity index (χ0v) is 17.4. The van der Waals surface area contributed by atoms with Crippen LogP contribution in [0.15, 0.2) is 41.2 Å². The molecule has 1 aromatic heterocycles. The van der Waals surface area contributed by atoms with Gasteiger partial charge in [0.1, 0.15) is 11.5 Å². The molecule has 7 nitrogen and oxygen atoms in total. The van der Waals surface area contributed by atoms with E-state index < -0.39 is 0 Å². The highest BCUT2D eigenvalue weighted by molar-refractivity contribution is 5.92. The first kappa shape index (κ1) is 20.0. The van der Waals surface area contributed by atoms with Crippen molar-refractivity contribution >= 4 is 22.5 Å². The fourth-order valence-corrected chi connectivity index (χ4v) is 3.94. The quantitative estimate of drug-likeness (QED) is 0.680. The number of carbonyl (C=O) groups is 1. The molecule has 0 fully saturated rings. The molecule has 0 aliphatic carbocycles. The van der Waals surface area contributed by atoms with Crippen molar-refractivity contribution < 1.29 is 14.3 Å². The molecule has 0 saturated heterocycles. The minimum Gasteiger partial charge on any atom is -0.497 e. The summed E-state index contributed by atoms with van der Waals surface area (Å²) in [6.45, 7) is 3.31. The molecule has 0 spiro atoms. The van der Waals surface area contributed by atoms with Gasteiger partial charge in [-0.05, 0) is 36.8 Å². The number of rotatable bonds is 5. The lowest BCUT2D eigenvalue weighted by Gasteiger charge is -2.28. The summed E-state index contributed by atoms with van der Waals surface area (Å²) in [5.41, 5.74) is 4.18. The number of benzene rings is 2. The Hall–Kier alpha value is -3.32. The van der Waals surface area contributed by atoms with Crippen LogP contribution >= 0.6 is 0 Å². The van der Waals surface area contributed by atoms with Gasteiger partial charge in [0, 0.05) is 47.9 Å². The monoisotopic (exact) mass is 407 g/mol. The number of carbonyl (C=O) groups excluding carboxylic acids is 1. The van der Waals surface area contributed by atoms with Crippen molar-refractivity contribution in [2.24, 2.45) is 0 Å². The van der Waals surface area contributed by atoms with Crippen LogP contribution in [0.2, 0.25) is 0 Å². The predicted molar refractivity (Wildman–Crippen MR) is 116 cm³/mol. The first-order valence-electron chi connectivity index (χ1n) is 9.87. The molecular weight excluding hydrogens is 382 g/mol. The largest absolute Gasteiger partial charge is 0.497 e. The first-order valence-corrected chi connectivity index (χ1v) is 9.87. The fourth-order valence-electron chi connectivity index (χ4n) is 3.94. The van der Waals surface area contributed by atoms with Gasteiger partial charge in [-0.25, -0.2) is 0 Å². The van der Waals surface area contributed by atoms with E-state index >= 15 is 0 Å². The molecule has 2 heterocycles. The number of nitrogens with zero attached hydrogens (tertiary/aromatic N) is 1. The van der Waals surface area contributed by atoms with Crippen LogP contribution in [0.1, 0.15) is 16.8 Å². The fraction of sp³-hybridized carbons (Fsp3) is 0.304. The topological polar surface area (TPSA) is 83.7 Å². The molecule has 0 radical (unpaired) electrons. The number of amides is 1. The van der Waals surface area contributed by atoms with Gasteiger partial charge < -0.3 is 19.8 Å². The number of aromatic nitrogens is 1. The van der Waals surface area contributed by atoms with E-state index in [1.54, 1.807) is 26.4 Å². The molecule has 0 saturated carbocycles. The van der Waals surface area contributed by atoms with E-state index in [0.29, 0.717) is 42.1 Å². The Morgan fingerprint density at radius 2 is 1.97 bits per heavy atom. The Bertz CT molecular complexity index is 1170. The normalized spacial score (nSPS) is 13.7. The molecule has 0 atom stereocenters. The van der Waals surface area contributed by atoms with Gasteiger partial charge in [0.05, 0.1) is 26.3 Å². The van der Waals surface area contributed by atoms with Gasteiger partial charge >= 0.3 is 0 Å². The summed E-state index contributed by atoms with van der Waals surface area (Å²) in [6, 6.07) is 10.9. The number of methoxy groups -OCH3 is 2. The smallest absolute Gasteiger partial charge is 0.238 e. The van der Waals surface area contributed by atoms with Gasteiger partial charge in [0.2, 0.25) is 5.91 Å². The lowest BCUT2D eigenvalue weighted by molar-refractivity contribution is -0.117. The van der Waals surface area contributed by atoms with E-state index in [1.165, 1.54) is 0 Å². The van der Waals surface area contributed by atoms with Crippen LogP contribution in [0.25, 0.3) is 10.9 Å². The molecule has 2 aromatic carbocycles. The molecule has 1 aliphatic rings. The third-order valence-corrected chi connectivity index (χ3v) is 5.48. The molecule has 4 rings (SSSR count). The molecule has 2 N–H and O–H groups in total. The Balaban J connectivity index is 1.54. The minimum atomic E-state index is -0.124. The minimum absolute atomic E-state index is 0.00125. The van der Waals surface area contributed by atoms with E-state index in [1.807, 2.05) is 36.1 Å². The molecule has 7 heteroatoms. The molecule has 0 unspecified atom stereocenters. The first-order chi connectivity index (χ1) is 14.5. The maximum atomic E-state index is 13.2. The molecule has 30 heavy (non-hydrogen) atoms. The highest BCUT2D eigenvalue weighted by atomic mass is 16.5. The van der Waals surface area contributed by atoms with Crippen LogP contribution in [0.5, 0.6) is 11.5 Å². The number of aromatic amines is 1. The van der Waals surface area contributed by atoms with Gasteiger partial charge in [0.15, 0.2) is 5.43 Å². The maximum absolute atomic E-state index is 13.2. The highest BCUT2D eigenvalue weighted by Crippen LogP contribution is 2.25. The summed E-state index contributed by atoms with van der Waals surface area (Å²) in [5, 5.41) is 3.51. The summed E-state index contributed by atoms with van der Waals surface area (Å²) in [4.78, 5) is 31.1. The number of hydrogen-bond donors (Lipinski definition) is 2. The standard InChI is InChI=1S/C23H25N3O4/c1-14-9-17(30-3)11-18-22(14)25-20-7-8-26(12-19(20)23(18)28)13-21(27)24-15-5-4-6-16(10-15)29-2/h4-6,9-11H,7-8,12-13H2,1-3H3,(H,24,27)(H,25,28). The Morgan fingerprint density at radius 1 is 1.17 bits per heavy atom. The maximum Gasteiger partial charge on any atom is 0.238 e. The molecule has 1 amide bonds. The van der Waals surface area contributed by atoms with Gasteiger partial charge in [-0.3, -0.25) is 14.5 Å².